The molecule has 18 heavy (non-hydrogen) atoms. The second-order valence-electron chi connectivity index (χ2n) is 5.56. The van der Waals surface area contributed by atoms with Gasteiger partial charge in [0, 0.05) is 32.2 Å². The molecule has 0 heterocycles. The SMILES string of the molecule is CCCN(CCNC(C)CN)C(=O)OC(C)(C)C. The van der Waals surface area contributed by atoms with E-state index < -0.39 is 5.60 Å². The molecule has 1 unspecified atom stereocenters. The molecule has 5 heteroatoms. The molecular formula is C13H29N3O2. The number of carbonyl (C=O) groups is 1. The van der Waals surface area contributed by atoms with Crippen molar-refractivity contribution >= 4 is 6.09 Å². The average molecular weight is 259 g/mol. The van der Waals surface area contributed by atoms with E-state index in [1.165, 1.54) is 0 Å². The van der Waals surface area contributed by atoms with Crippen LogP contribution in [0.25, 0.3) is 0 Å². The molecule has 0 aliphatic carbocycles. The number of nitrogens with zero attached hydrogens (tertiary/aromatic N) is 1. The molecule has 0 spiro atoms. The lowest BCUT2D eigenvalue weighted by Crippen LogP contribution is -2.43. The van der Waals surface area contributed by atoms with Crippen molar-refractivity contribution in [3.8, 4) is 0 Å². The van der Waals surface area contributed by atoms with E-state index in [9.17, 15) is 4.79 Å². The van der Waals surface area contributed by atoms with Crippen LogP contribution in [0.3, 0.4) is 0 Å². The first kappa shape index (κ1) is 17.2. The van der Waals surface area contributed by atoms with Crippen LogP contribution in [0, 0.1) is 0 Å². The maximum atomic E-state index is 11.9. The van der Waals surface area contributed by atoms with Crippen molar-refractivity contribution in [3.05, 3.63) is 0 Å². The van der Waals surface area contributed by atoms with Crippen molar-refractivity contribution in [3.63, 3.8) is 0 Å². The van der Waals surface area contributed by atoms with E-state index in [2.05, 4.69) is 5.32 Å². The van der Waals surface area contributed by atoms with E-state index >= 15 is 0 Å². The molecular weight excluding hydrogens is 230 g/mol. The first-order valence-corrected chi connectivity index (χ1v) is 6.71. The lowest BCUT2D eigenvalue weighted by Gasteiger charge is -2.27. The number of hydrogen-bond donors (Lipinski definition) is 2. The van der Waals surface area contributed by atoms with Crippen LogP contribution in [0.1, 0.15) is 41.0 Å². The minimum absolute atomic E-state index is 0.244. The van der Waals surface area contributed by atoms with Crippen molar-refractivity contribution in [2.75, 3.05) is 26.2 Å². The van der Waals surface area contributed by atoms with Crippen molar-refractivity contribution in [1.29, 1.82) is 0 Å². The van der Waals surface area contributed by atoms with Gasteiger partial charge in [0.1, 0.15) is 5.60 Å². The highest BCUT2D eigenvalue weighted by Gasteiger charge is 2.21. The molecule has 0 saturated heterocycles. The Hall–Kier alpha value is -0.810. The molecule has 0 rings (SSSR count). The molecule has 108 valence electrons. The highest BCUT2D eigenvalue weighted by Crippen LogP contribution is 2.09. The number of hydrogen-bond acceptors (Lipinski definition) is 4. The largest absolute Gasteiger partial charge is 0.444 e. The van der Waals surface area contributed by atoms with Gasteiger partial charge in [-0.05, 0) is 34.1 Å². The molecule has 0 saturated carbocycles. The lowest BCUT2D eigenvalue weighted by molar-refractivity contribution is 0.0251. The molecule has 0 aliphatic heterocycles. The van der Waals surface area contributed by atoms with Crippen LogP contribution in [0.5, 0.6) is 0 Å². The standard InChI is InChI=1S/C13H29N3O2/c1-6-8-16(9-7-15-11(2)10-14)12(17)18-13(3,4)5/h11,15H,6-10,14H2,1-5H3. The molecule has 1 amide bonds. The Kier molecular flexibility index (Phi) is 7.95. The van der Waals surface area contributed by atoms with Gasteiger partial charge in [-0.15, -0.1) is 0 Å². The normalized spacial score (nSPS) is 13.2. The van der Waals surface area contributed by atoms with Gasteiger partial charge in [0.25, 0.3) is 0 Å². The highest BCUT2D eigenvalue weighted by atomic mass is 16.6. The van der Waals surface area contributed by atoms with Crippen LogP contribution in [0.15, 0.2) is 0 Å². The van der Waals surface area contributed by atoms with E-state index in [1.807, 2.05) is 34.6 Å². The molecule has 0 radical (unpaired) electrons. The Bertz CT molecular complexity index is 239. The summed E-state index contributed by atoms with van der Waals surface area (Å²) in [7, 11) is 0. The first-order valence-electron chi connectivity index (χ1n) is 6.71. The summed E-state index contributed by atoms with van der Waals surface area (Å²) in [5.74, 6) is 0. The fraction of sp³-hybridized carbons (Fsp3) is 0.923. The van der Waals surface area contributed by atoms with Gasteiger partial charge in [-0.1, -0.05) is 6.92 Å². The molecule has 1 atom stereocenters. The summed E-state index contributed by atoms with van der Waals surface area (Å²) in [5.41, 5.74) is 5.08. The minimum atomic E-state index is -0.443. The van der Waals surface area contributed by atoms with E-state index in [0.717, 1.165) is 13.0 Å². The zero-order valence-corrected chi connectivity index (χ0v) is 12.5. The zero-order valence-electron chi connectivity index (χ0n) is 12.5. The summed E-state index contributed by atoms with van der Waals surface area (Å²) in [6, 6.07) is 0.270. The highest BCUT2D eigenvalue weighted by molar-refractivity contribution is 5.68. The van der Waals surface area contributed by atoms with Crippen molar-refractivity contribution in [2.45, 2.75) is 52.7 Å². The van der Waals surface area contributed by atoms with Crippen LogP contribution < -0.4 is 11.1 Å². The Balaban J connectivity index is 4.17. The monoisotopic (exact) mass is 259 g/mol. The Labute approximate surface area is 111 Å². The molecule has 0 fully saturated rings. The third-order valence-electron chi connectivity index (χ3n) is 2.37. The molecule has 5 nitrogen and oxygen atoms in total. The predicted octanol–water partition coefficient (Wildman–Crippen LogP) is 1.57. The van der Waals surface area contributed by atoms with Gasteiger partial charge < -0.3 is 20.7 Å². The lowest BCUT2D eigenvalue weighted by atomic mass is 10.2. The summed E-state index contributed by atoms with van der Waals surface area (Å²) in [4.78, 5) is 13.7. The first-order chi connectivity index (χ1) is 8.30. The fourth-order valence-electron chi connectivity index (χ4n) is 1.42. The number of nitrogens with two attached hydrogens (primary N) is 1. The molecule has 0 aliphatic rings. The topological polar surface area (TPSA) is 67.6 Å². The van der Waals surface area contributed by atoms with Crippen LogP contribution in [0.2, 0.25) is 0 Å². The van der Waals surface area contributed by atoms with Crippen molar-refractivity contribution in [2.24, 2.45) is 5.73 Å². The van der Waals surface area contributed by atoms with Gasteiger partial charge in [0.15, 0.2) is 0 Å². The Morgan fingerprint density at radius 1 is 1.39 bits per heavy atom. The quantitative estimate of drug-likeness (QED) is 0.728. The van der Waals surface area contributed by atoms with Gasteiger partial charge in [-0.2, -0.15) is 0 Å². The van der Waals surface area contributed by atoms with E-state index in [4.69, 9.17) is 10.5 Å². The van der Waals surface area contributed by atoms with Gasteiger partial charge in [0.2, 0.25) is 0 Å². The Morgan fingerprint density at radius 3 is 2.44 bits per heavy atom. The summed E-state index contributed by atoms with van der Waals surface area (Å²) < 4.78 is 5.37. The minimum Gasteiger partial charge on any atom is -0.444 e. The Morgan fingerprint density at radius 2 is 2.00 bits per heavy atom. The maximum Gasteiger partial charge on any atom is 0.410 e. The smallest absolute Gasteiger partial charge is 0.410 e. The molecule has 0 aromatic heterocycles. The van der Waals surface area contributed by atoms with Crippen molar-refractivity contribution < 1.29 is 9.53 Å². The van der Waals surface area contributed by atoms with Crippen LogP contribution in [-0.2, 0) is 4.74 Å². The maximum absolute atomic E-state index is 11.9. The number of nitrogens with one attached hydrogen (secondary N) is 1. The van der Waals surface area contributed by atoms with E-state index in [0.29, 0.717) is 19.6 Å². The number of carbonyl (C=O) groups excluding carboxylic acids is 1. The van der Waals surface area contributed by atoms with E-state index in [-0.39, 0.29) is 12.1 Å². The van der Waals surface area contributed by atoms with E-state index in [1.54, 1.807) is 4.90 Å². The number of amides is 1. The van der Waals surface area contributed by atoms with Gasteiger partial charge in [-0.3, -0.25) is 0 Å². The molecule has 0 aromatic rings. The second-order valence-corrected chi connectivity index (χ2v) is 5.56. The van der Waals surface area contributed by atoms with Crippen LogP contribution in [0.4, 0.5) is 4.79 Å². The van der Waals surface area contributed by atoms with Crippen LogP contribution in [-0.4, -0.2) is 48.8 Å². The zero-order chi connectivity index (χ0) is 14.2. The summed E-state index contributed by atoms with van der Waals surface area (Å²) in [6.07, 6.45) is 0.678. The van der Waals surface area contributed by atoms with Gasteiger partial charge >= 0.3 is 6.09 Å². The summed E-state index contributed by atoms with van der Waals surface area (Å²) >= 11 is 0. The molecule has 0 bridgehead atoms. The third kappa shape index (κ3) is 8.31. The van der Waals surface area contributed by atoms with Gasteiger partial charge in [-0.25, -0.2) is 4.79 Å². The predicted molar refractivity (Wildman–Crippen MR) is 74.6 cm³/mol. The summed E-state index contributed by atoms with van der Waals surface area (Å²) in [6.45, 7) is 12.4. The van der Waals surface area contributed by atoms with Crippen molar-refractivity contribution in [1.82, 2.24) is 10.2 Å². The molecule has 0 aromatic carbocycles. The van der Waals surface area contributed by atoms with Gasteiger partial charge in [0.05, 0.1) is 0 Å². The second kappa shape index (κ2) is 8.32. The number of ether oxygens (including phenoxy) is 1. The average Bonchev–Trinajstić information content (AvgIpc) is 2.25. The number of rotatable bonds is 7. The van der Waals surface area contributed by atoms with Crippen LogP contribution >= 0.6 is 0 Å². The molecule has 3 N–H and O–H groups in total. The summed E-state index contributed by atoms with van der Waals surface area (Å²) in [5, 5.41) is 3.26. The fourth-order valence-corrected chi connectivity index (χ4v) is 1.42. The third-order valence-corrected chi connectivity index (χ3v) is 2.37.